The molecule has 0 bridgehead atoms. The van der Waals surface area contributed by atoms with Gasteiger partial charge < -0.3 is 10.6 Å². The van der Waals surface area contributed by atoms with Crippen molar-refractivity contribution >= 4 is 11.8 Å². The molecule has 0 aromatic rings. The molecular formula is C14H28N4O2. The van der Waals surface area contributed by atoms with Crippen molar-refractivity contribution in [3.05, 3.63) is 0 Å². The van der Waals surface area contributed by atoms with Crippen molar-refractivity contribution in [2.24, 2.45) is 11.8 Å². The zero-order valence-corrected chi connectivity index (χ0v) is 13.2. The first-order valence-corrected chi connectivity index (χ1v) is 7.14. The van der Waals surface area contributed by atoms with Gasteiger partial charge in [-0.25, -0.2) is 5.84 Å². The molecule has 1 aliphatic rings. The summed E-state index contributed by atoms with van der Waals surface area (Å²) >= 11 is 0. The average molecular weight is 284 g/mol. The van der Waals surface area contributed by atoms with E-state index in [0.29, 0.717) is 0 Å². The predicted octanol–water partition coefficient (Wildman–Crippen LogP) is 0.428. The quantitative estimate of drug-likeness (QED) is 0.342. The van der Waals surface area contributed by atoms with Gasteiger partial charge in [0.15, 0.2) is 0 Å². The highest BCUT2D eigenvalue weighted by Crippen LogP contribution is 2.28. The fraction of sp³-hybridized carbons (Fsp3) is 0.857. The van der Waals surface area contributed by atoms with Gasteiger partial charge in [0.05, 0.1) is 0 Å². The van der Waals surface area contributed by atoms with E-state index in [0.717, 1.165) is 12.8 Å². The van der Waals surface area contributed by atoms with E-state index in [2.05, 4.69) is 43.8 Å². The van der Waals surface area contributed by atoms with Crippen LogP contribution in [0.5, 0.6) is 0 Å². The Balaban J connectivity index is 2.59. The summed E-state index contributed by atoms with van der Waals surface area (Å²) in [7, 11) is 0. The number of hydrogen-bond acceptors (Lipinski definition) is 4. The third kappa shape index (κ3) is 5.09. The van der Waals surface area contributed by atoms with E-state index < -0.39 is 0 Å². The molecule has 1 atom stereocenters. The van der Waals surface area contributed by atoms with E-state index in [1.165, 1.54) is 0 Å². The van der Waals surface area contributed by atoms with Crippen LogP contribution >= 0.6 is 0 Å². The first-order valence-electron chi connectivity index (χ1n) is 7.14. The fourth-order valence-electron chi connectivity index (χ4n) is 3.20. The average Bonchev–Trinajstić information content (AvgIpc) is 2.23. The summed E-state index contributed by atoms with van der Waals surface area (Å²) in [6.45, 7) is 10.3. The maximum atomic E-state index is 12.1. The number of hydrogen-bond donors (Lipinski definition) is 4. The topological polar surface area (TPSA) is 96.2 Å². The number of carbonyl (C=O) groups excluding carboxylic acids is 2. The molecule has 0 saturated carbocycles. The highest BCUT2D eigenvalue weighted by atomic mass is 16.2. The number of amides is 2. The molecule has 2 amide bonds. The normalized spacial score (nSPS) is 22.9. The third-order valence-electron chi connectivity index (χ3n) is 3.64. The smallest absolute Gasteiger partial charge is 0.234 e. The molecule has 5 N–H and O–H groups in total. The highest BCUT2D eigenvalue weighted by molar-refractivity contribution is 5.85. The molecule has 116 valence electrons. The molecule has 1 aliphatic heterocycles. The Hall–Kier alpha value is -1.14. The van der Waals surface area contributed by atoms with Crippen LogP contribution < -0.4 is 21.9 Å². The Labute approximate surface area is 121 Å². The fourth-order valence-corrected chi connectivity index (χ4v) is 3.20. The number of nitrogens with one attached hydrogen (secondary N) is 3. The summed E-state index contributed by atoms with van der Waals surface area (Å²) in [6.07, 6.45) is 1.86. The van der Waals surface area contributed by atoms with Crippen LogP contribution in [0, 0.1) is 5.92 Å². The van der Waals surface area contributed by atoms with Crippen LogP contribution in [0.2, 0.25) is 0 Å². The molecule has 0 aromatic heterocycles. The largest absolute Gasteiger partial charge is 0.353 e. The van der Waals surface area contributed by atoms with Gasteiger partial charge in [-0.15, -0.1) is 0 Å². The molecule has 1 saturated heterocycles. The number of piperidine rings is 1. The Morgan fingerprint density at radius 2 is 1.75 bits per heavy atom. The summed E-state index contributed by atoms with van der Waals surface area (Å²) in [4.78, 5) is 23.3. The zero-order chi connectivity index (χ0) is 15.6. The van der Waals surface area contributed by atoms with Gasteiger partial charge in [0.1, 0.15) is 0 Å². The molecular weight excluding hydrogens is 256 g/mol. The van der Waals surface area contributed by atoms with Gasteiger partial charge in [0.2, 0.25) is 11.8 Å². The van der Waals surface area contributed by atoms with Crippen molar-refractivity contribution in [2.75, 3.05) is 0 Å². The number of nitrogens with two attached hydrogens (primary N) is 1. The molecule has 0 aromatic carbocycles. The first-order chi connectivity index (χ1) is 9.04. The Morgan fingerprint density at radius 3 is 2.20 bits per heavy atom. The van der Waals surface area contributed by atoms with Crippen molar-refractivity contribution in [3.8, 4) is 0 Å². The van der Waals surface area contributed by atoms with Gasteiger partial charge in [-0.05, 0) is 40.5 Å². The van der Waals surface area contributed by atoms with Crippen LogP contribution in [0.3, 0.4) is 0 Å². The minimum absolute atomic E-state index is 0.0163. The van der Waals surface area contributed by atoms with E-state index in [1.54, 1.807) is 6.92 Å². The minimum atomic E-state index is -0.375. The van der Waals surface area contributed by atoms with E-state index in [9.17, 15) is 9.59 Å². The molecule has 20 heavy (non-hydrogen) atoms. The SMILES string of the molecule is CC(CC(=O)NN)C(=O)NC1CC(C)(C)NC(C)(C)C1. The maximum Gasteiger partial charge on any atom is 0.234 e. The van der Waals surface area contributed by atoms with Gasteiger partial charge in [-0.2, -0.15) is 0 Å². The molecule has 0 spiro atoms. The summed E-state index contributed by atoms with van der Waals surface area (Å²) in [5.74, 6) is 4.25. The monoisotopic (exact) mass is 284 g/mol. The third-order valence-corrected chi connectivity index (χ3v) is 3.64. The van der Waals surface area contributed by atoms with Crippen LogP contribution in [0.15, 0.2) is 0 Å². The lowest BCUT2D eigenvalue weighted by Gasteiger charge is -2.46. The Kier molecular flexibility index (Phi) is 5.15. The van der Waals surface area contributed by atoms with Crippen molar-refractivity contribution in [1.82, 2.24) is 16.1 Å². The molecule has 0 radical (unpaired) electrons. The van der Waals surface area contributed by atoms with Gasteiger partial charge in [0.25, 0.3) is 0 Å². The minimum Gasteiger partial charge on any atom is -0.353 e. The van der Waals surface area contributed by atoms with Gasteiger partial charge in [0, 0.05) is 29.5 Å². The lowest BCUT2D eigenvalue weighted by atomic mass is 9.79. The highest BCUT2D eigenvalue weighted by Gasteiger charge is 2.38. The zero-order valence-electron chi connectivity index (χ0n) is 13.2. The van der Waals surface area contributed by atoms with Crippen LogP contribution in [0.25, 0.3) is 0 Å². The second kappa shape index (κ2) is 6.10. The summed E-state index contributed by atoms with van der Waals surface area (Å²) < 4.78 is 0. The Morgan fingerprint density at radius 1 is 1.25 bits per heavy atom. The number of carbonyl (C=O) groups is 2. The summed E-state index contributed by atoms with van der Waals surface area (Å²) in [6, 6.07) is 0.122. The molecule has 6 nitrogen and oxygen atoms in total. The van der Waals surface area contributed by atoms with E-state index >= 15 is 0 Å². The molecule has 0 aliphatic carbocycles. The molecule has 6 heteroatoms. The van der Waals surface area contributed by atoms with E-state index in [1.807, 2.05) is 0 Å². The van der Waals surface area contributed by atoms with Crippen molar-refractivity contribution < 1.29 is 9.59 Å². The van der Waals surface area contributed by atoms with E-state index in [-0.39, 0.29) is 41.3 Å². The van der Waals surface area contributed by atoms with Crippen molar-refractivity contribution in [1.29, 1.82) is 0 Å². The molecule has 1 fully saturated rings. The van der Waals surface area contributed by atoms with E-state index in [4.69, 9.17) is 5.84 Å². The Bertz CT molecular complexity index is 363. The number of rotatable bonds is 4. The van der Waals surface area contributed by atoms with Crippen molar-refractivity contribution in [3.63, 3.8) is 0 Å². The molecule has 1 unspecified atom stereocenters. The lowest BCUT2D eigenvalue weighted by molar-refractivity contribution is -0.130. The second-order valence-corrected chi connectivity index (χ2v) is 7.18. The number of hydrazine groups is 1. The summed E-state index contributed by atoms with van der Waals surface area (Å²) in [5, 5.41) is 6.63. The van der Waals surface area contributed by atoms with Crippen LogP contribution in [-0.4, -0.2) is 28.9 Å². The van der Waals surface area contributed by atoms with Gasteiger partial charge in [-0.1, -0.05) is 6.92 Å². The predicted molar refractivity (Wildman–Crippen MR) is 78.6 cm³/mol. The molecule has 1 heterocycles. The standard InChI is InChI=1S/C14H28N4O2/c1-9(6-11(19)17-15)12(20)16-10-7-13(2,3)18-14(4,5)8-10/h9-10,18H,6-8,15H2,1-5H3,(H,16,20)(H,17,19). The van der Waals surface area contributed by atoms with Gasteiger partial charge >= 0.3 is 0 Å². The van der Waals surface area contributed by atoms with Crippen LogP contribution in [0.4, 0.5) is 0 Å². The first kappa shape index (κ1) is 16.9. The van der Waals surface area contributed by atoms with Crippen molar-refractivity contribution in [2.45, 2.75) is 71.0 Å². The maximum absolute atomic E-state index is 12.1. The van der Waals surface area contributed by atoms with Gasteiger partial charge in [-0.3, -0.25) is 15.0 Å². The lowest BCUT2D eigenvalue weighted by Crippen LogP contribution is -2.62. The summed E-state index contributed by atoms with van der Waals surface area (Å²) in [5.41, 5.74) is 2.02. The van der Waals surface area contributed by atoms with Crippen LogP contribution in [0.1, 0.15) is 53.9 Å². The molecule has 1 rings (SSSR count). The van der Waals surface area contributed by atoms with Crippen LogP contribution in [-0.2, 0) is 9.59 Å². The second-order valence-electron chi connectivity index (χ2n) is 7.18.